The third-order valence-electron chi connectivity index (χ3n) is 5.78. The standard InChI is InChI=1S/C27H40N2O4S/c1-2-3-4-5-6-7-8-9-10-11-12-13-20-27(31)28-23-16-15-19-26(22-23)34(32,33)29-24-17-14-18-25(30)21-24/h14-19,21-22,29-30H,2-13,20H2,1H3,(H,28,31). The largest absolute Gasteiger partial charge is 0.508 e. The Kier molecular flexibility index (Phi) is 12.5. The van der Waals surface area contributed by atoms with Crippen molar-refractivity contribution in [2.75, 3.05) is 10.0 Å². The molecule has 188 valence electrons. The predicted octanol–water partition coefficient (Wildman–Crippen LogP) is 7.22. The van der Waals surface area contributed by atoms with Gasteiger partial charge in [0.2, 0.25) is 5.91 Å². The van der Waals surface area contributed by atoms with Crippen molar-refractivity contribution in [3.05, 3.63) is 48.5 Å². The third-order valence-corrected chi connectivity index (χ3v) is 7.16. The summed E-state index contributed by atoms with van der Waals surface area (Å²) >= 11 is 0. The number of carbonyl (C=O) groups excluding carboxylic acids is 1. The Hall–Kier alpha value is -2.54. The average Bonchev–Trinajstić information content (AvgIpc) is 2.80. The molecule has 0 saturated heterocycles. The van der Waals surface area contributed by atoms with Crippen LogP contribution in [0.15, 0.2) is 53.4 Å². The molecule has 0 heterocycles. The highest BCUT2D eigenvalue weighted by Crippen LogP contribution is 2.22. The molecule has 0 radical (unpaired) electrons. The molecule has 0 bridgehead atoms. The molecule has 7 heteroatoms. The van der Waals surface area contributed by atoms with Gasteiger partial charge in [-0.15, -0.1) is 0 Å². The lowest BCUT2D eigenvalue weighted by Crippen LogP contribution is -2.14. The van der Waals surface area contributed by atoms with Gasteiger partial charge in [0.05, 0.1) is 10.6 Å². The fourth-order valence-corrected chi connectivity index (χ4v) is 4.97. The summed E-state index contributed by atoms with van der Waals surface area (Å²) in [4.78, 5) is 12.3. The van der Waals surface area contributed by atoms with Crippen LogP contribution in [0, 0.1) is 0 Å². The van der Waals surface area contributed by atoms with Crippen LogP contribution in [0.3, 0.4) is 0 Å². The zero-order valence-electron chi connectivity index (χ0n) is 20.4. The molecule has 2 aromatic rings. The number of amides is 1. The van der Waals surface area contributed by atoms with Crippen molar-refractivity contribution >= 4 is 27.3 Å². The van der Waals surface area contributed by atoms with Crippen LogP contribution in [0.2, 0.25) is 0 Å². The Labute approximate surface area is 205 Å². The number of aromatic hydroxyl groups is 1. The molecule has 0 aromatic heterocycles. The minimum absolute atomic E-state index is 0.0287. The molecule has 2 aromatic carbocycles. The van der Waals surface area contributed by atoms with Crippen molar-refractivity contribution in [2.24, 2.45) is 0 Å². The number of hydrogen-bond acceptors (Lipinski definition) is 4. The van der Waals surface area contributed by atoms with E-state index in [2.05, 4.69) is 17.0 Å². The van der Waals surface area contributed by atoms with E-state index in [1.54, 1.807) is 24.3 Å². The number of rotatable bonds is 17. The Morgan fingerprint density at radius 2 is 1.32 bits per heavy atom. The molecule has 34 heavy (non-hydrogen) atoms. The van der Waals surface area contributed by atoms with Crippen molar-refractivity contribution in [3.63, 3.8) is 0 Å². The molecule has 0 aliphatic rings. The number of nitrogens with one attached hydrogen (secondary N) is 2. The van der Waals surface area contributed by atoms with E-state index in [4.69, 9.17) is 0 Å². The van der Waals surface area contributed by atoms with Crippen molar-refractivity contribution in [1.82, 2.24) is 0 Å². The molecule has 0 unspecified atom stereocenters. The highest BCUT2D eigenvalue weighted by molar-refractivity contribution is 7.92. The topological polar surface area (TPSA) is 95.5 Å². The first-order valence-corrected chi connectivity index (χ1v) is 14.1. The highest BCUT2D eigenvalue weighted by Gasteiger charge is 2.15. The Balaban J connectivity index is 1.65. The maximum Gasteiger partial charge on any atom is 0.261 e. The molecular weight excluding hydrogens is 448 g/mol. The SMILES string of the molecule is CCCCCCCCCCCCCCC(=O)Nc1cccc(S(=O)(=O)Nc2cccc(O)c2)c1. The van der Waals surface area contributed by atoms with Gasteiger partial charge in [-0.05, 0) is 36.8 Å². The summed E-state index contributed by atoms with van der Waals surface area (Å²) in [6.45, 7) is 2.24. The summed E-state index contributed by atoms with van der Waals surface area (Å²) in [5.74, 6) is -0.137. The van der Waals surface area contributed by atoms with Gasteiger partial charge in [-0.1, -0.05) is 89.7 Å². The molecule has 0 aliphatic heterocycles. The van der Waals surface area contributed by atoms with E-state index in [-0.39, 0.29) is 22.2 Å². The van der Waals surface area contributed by atoms with Crippen LogP contribution in [0.5, 0.6) is 5.75 Å². The maximum atomic E-state index is 12.6. The second-order valence-electron chi connectivity index (χ2n) is 8.87. The second-order valence-corrected chi connectivity index (χ2v) is 10.6. The van der Waals surface area contributed by atoms with Crippen molar-refractivity contribution < 1.29 is 18.3 Å². The number of benzene rings is 2. The van der Waals surface area contributed by atoms with Crippen molar-refractivity contribution in [2.45, 2.75) is 95.3 Å². The predicted molar refractivity (Wildman–Crippen MR) is 140 cm³/mol. The zero-order valence-corrected chi connectivity index (χ0v) is 21.2. The Morgan fingerprint density at radius 3 is 1.94 bits per heavy atom. The number of sulfonamides is 1. The van der Waals surface area contributed by atoms with Crippen LogP contribution in [0.25, 0.3) is 0 Å². The fourth-order valence-electron chi connectivity index (χ4n) is 3.87. The van der Waals surface area contributed by atoms with Gasteiger partial charge in [0.25, 0.3) is 10.0 Å². The summed E-state index contributed by atoms with van der Waals surface area (Å²) in [5, 5.41) is 12.3. The highest BCUT2D eigenvalue weighted by atomic mass is 32.2. The van der Waals surface area contributed by atoms with Gasteiger partial charge in [0, 0.05) is 18.2 Å². The summed E-state index contributed by atoms with van der Waals surface area (Å²) in [7, 11) is -3.84. The minimum Gasteiger partial charge on any atom is -0.508 e. The molecular formula is C27H40N2O4S. The lowest BCUT2D eigenvalue weighted by atomic mass is 10.0. The number of phenols is 1. The van der Waals surface area contributed by atoms with E-state index < -0.39 is 10.0 Å². The minimum atomic E-state index is -3.84. The fraction of sp³-hybridized carbons (Fsp3) is 0.519. The summed E-state index contributed by atoms with van der Waals surface area (Å²) in [6.07, 6.45) is 15.3. The van der Waals surface area contributed by atoms with Crippen LogP contribution in [-0.4, -0.2) is 19.4 Å². The van der Waals surface area contributed by atoms with Gasteiger partial charge in [-0.3, -0.25) is 9.52 Å². The van der Waals surface area contributed by atoms with Crippen LogP contribution < -0.4 is 10.0 Å². The second kappa shape index (κ2) is 15.4. The lowest BCUT2D eigenvalue weighted by molar-refractivity contribution is -0.116. The monoisotopic (exact) mass is 488 g/mol. The van der Waals surface area contributed by atoms with Crippen molar-refractivity contribution in [3.8, 4) is 5.75 Å². The molecule has 3 N–H and O–H groups in total. The quantitative estimate of drug-likeness (QED) is 0.205. The van der Waals surface area contributed by atoms with Gasteiger partial charge in [0.15, 0.2) is 0 Å². The van der Waals surface area contributed by atoms with Crippen LogP contribution >= 0.6 is 0 Å². The van der Waals surface area contributed by atoms with Gasteiger partial charge in [0.1, 0.15) is 5.75 Å². The van der Waals surface area contributed by atoms with Crippen LogP contribution in [-0.2, 0) is 14.8 Å². The molecule has 6 nitrogen and oxygen atoms in total. The number of carbonyl (C=O) groups is 1. The molecule has 0 fully saturated rings. The van der Waals surface area contributed by atoms with Gasteiger partial charge in [-0.25, -0.2) is 8.42 Å². The van der Waals surface area contributed by atoms with E-state index in [1.807, 2.05) is 0 Å². The number of anilines is 2. The summed E-state index contributed by atoms with van der Waals surface area (Å²) in [5.41, 5.74) is 0.712. The zero-order chi connectivity index (χ0) is 24.7. The molecule has 1 amide bonds. The molecule has 2 rings (SSSR count). The molecule has 0 atom stereocenters. The molecule has 0 aliphatic carbocycles. The van der Waals surface area contributed by atoms with Crippen LogP contribution in [0.4, 0.5) is 11.4 Å². The summed E-state index contributed by atoms with van der Waals surface area (Å²) in [6, 6.07) is 12.1. The molecule has 0 spiro atoms. The number of hydrogen-bond donors (Lipinski definition) is 3. The van der Waals surface area contributed by atoms with Gasteiger partial charge >= 0.3 is 0 Å². The normalized spacial score (nSPS) is 11.3. The van der Waals surface area contributed by atoms with E-state index in [1.165, 1.54) is 82.1 Å². The first kappa shape index (κ1) is 27.7. The van der Waals surface area contributed by atoms with E-state index in [9.17, 15) is 18.3 Å². The summed E-state index contributed by atoms with van der Waals surface area (Å²) < 4.78 is 27.7. The first-order chi connectivity index (χ1) is 16.4. The first-order valence-electron chi connectivity index (χ1n) is 12.6. The van der Waals surface area contributed by atoms with Gasteiger partial charge in [-0.2, -0.15) is 0 Å². The smallest absolute Gasteiger partial charge is 0.261 e. The van der Waals surface area contributed by atoms with E-state index in [0.717, 1.165) is 19.3 Å². The number of phenolic OH excluding ortho intramolecular Hbond substituents is 1. The third kappa shape index (κ3) is 11.1. The van der Waals surface area contributed by atoms with E-state index >= 15 is 0 Å². The van der Waals surface area contributed by atoms with Crippen molar-refractivity contribution in [1.29, 1.82) is 0 Å². The Bertz CT molecular complexity index is 976. The Morgan fingerprint density at radius 1 is 0.765 bits per heavy atom. The molecule has 0 saturated carbocycles. The average molecular weight is 489 g/mol. The van der Waals surface area contributed by atoms with E-state index in [0.29, 0.717) is 12.1 Å². The van der Waals surface area contributed by atoms with Crippen LogP contribution in [0.1, 0.15) is 90.4 Å². The lowest BCUT2D eigenvalue weighted by Gasteiger charge is -2.10. The maximum absolute atomic E-state index is 12.6. The number of unbranched alkanes of at least 4 members (excludes halogenated alkanes) is 11. The van der Waals surface area contributed by atoms with Gasteiger partial charge < -0.3 is 10.4 Å².